The predicted octanol–water partition coefficient (Wildman–Crippen LogP) is 1.97. The van der Waals surface area contributed by atoms with Crippen molar-refractivity contribution in [2.24, 2.45) is 16.5 Å². The SMILES string of the molecule is CCc1c(Cl)cccc1Cl.NC(N)=NC=O. The Balaban J connectivity index is 0.000000325. The van der Waals surface area contributed by atoms with Crippen molar-refractivity contribution in [1.82, 2.24) is 0 Å². The quantitative estimate of drug-likeness (QED) is 0.485. The largest absolute Gasteiger partial charge is 0.370 e. The summed E-state index contributed by atoms with van der Waals surface area (Å²) >= 11 is 11.7. The molecule has 0 unspecified atom stereocenters. The molecule has 4 nitrogen and oxygen atoms in total. The normalized spacial score (nSPS) is 8.69. The van der Waals surface area contributed by atoms with Gasteiger partial charge in [-0.05, 0) is 24.1 Å². The number of aliphatic imine (C=N–C) groups is 1. The fraction of sp³-hybridized carbons (Fsp3) is 0.200. The van der Waals surface area contributed by atoms with Gasteiger partial charge in [-0.1, -0.05) is 36.2 Å². The van der Waals surface area contributed by atoms with Crippen LogP contribution in [0, 0.1) is 0 Å². The summed E-state index contributed by atoms with van der Waals surface area (Å²) < 4.78 is 0. The zero-order chi connectivity index (χ0) is 12.6. The average molecular weight is 262 g/mol. The lowest BCUT2D eigenvalue weighted by atomic mass is 10.2. The van der Waals surface area contributed by atoms with Gasteiger partial charge in [0, 0.05) is 10.0 Å². The van der Waals surface area contributed by atoms with E-state index in [1.165, 1.54) is 0 Å². The van der Waals surface area contributed by atoms with Gasteiger partial charge >= 0.3 is 0 Å². The number of carbonyl (C=O) groups is 1. The first-order chi connectivity index (χ1) is 7.52. The van der Waals surface area contributed by atoms with Gasteiger partial charge in [0.25, 0.3) is 0 Å². The molecule has 0 saturated heterocycles. The Labute approximate surface area is 104 Å². The van der Waals surface area contributed by atoms with Crippen LogP contribution < -0.4 is 11.5 Å². The highest BCUT2D eigenvalue weighted by Crippen LogP contribution is 2.23. The standard InChI is InChI=1S/C8H8Cl2.C2H5N3O/c1-2-6-7(9)4-3-5-8(6)10;3-2(4)5-1-6/h3-5H,2H2,1H3;1H,(H4,3,4,5,6). The molecule has 0 radical (unpaired) electrons. The van der Waals surface area contributed by atoms with Crippen LogP contribution in [0.4, 0.5) is 0 Å². The molecule has 0 fully saturated rings. The van der Waals surface area contributed by atoms with Crippen LogP contribution in [-0.2, 0) is 11.2 Å². The minimum atomic E-state index is -0.204. The van der Waals surface area contributed by atoms with Crippen molar-refractivity contribution < 1.29 is 4.79 Å². The number of benzene rings is 1. The molecule has 16 heavy (non-hydrogen) atoms. The molecule has 0 aliphatic heterocycles. The Kier molecular flexibility index (Phi) is 7.33. The maximum Gasteiger partial charge on any atom is 0.236 e. The van der Waals surface area contributed by atoms with Crippen LogP contribution in [0.5, 0.6) is 0 Å². The molecule has 0 saturated carbocycles. The van der Waals surface area contributed by atoms with Crippen LogP contribution in [0.3, 0.4) is 0 Å². The molecule has 1 rings (SSSR count). The lowest BCUT2D eigenvalue weighted by Crippen LogP contribution is -2.22. The van der Waals surface area contributed by atoms with Crippen LogP contribution >= 0.6 is 23.2 Å². The first-order valence-electron chi connectivity index (χ1n) is 4.48. The van der Waals surface area contributed by atoms with Crippen LogP contribution in [0.15, 0.2) is 23.2 Å². The second-order valence-electron chi connectivity index (χ2n) is 2.71. The highest BCUT2D eigenvalue weighted by Gasteiger charge is 2.00. The van der Waals surface area contributed by atoms with E-state index in [0.717, 1.165) is 22.0 Å². The number of nitrogens with zero attached hydrogens (tertiary/aromatic N) is 1. The van der Waals surface area contributed by atoms with Gasteiger partial charge in [0.05, 0.1) is 0 Å². The van der Waals surface area contributed by atoms with Gasteiger partial charge in [0.1, 0.15) is 0 Å². The molecule has 0 spiro atoms. The molecule has 0 heterocycles. The molecule has 0 atom stereocenters. The van der Waals surface area contributed by atoms with Crippen molar-refractivity contribution >= 4 is 35.6 Å². The second-order valence-corrected chi connectivity index (χ2v) is 3.53. The van der Waals surface area contributed by atoms with E-state index in [0.29, 0.717) is 0 Å². The lowest BCUT2D eigenvalue weighted by molar-refractivity contribution is -0.106. The number of rotatable bonds is 2. The van der Waals surface area contributed by atoms with Gasteiger partial charge in [-0.25, -0.2) is 0 Å². The van der Waals surface area contributed by atoms with E-state index in [9.17, 15) is 4.79 Å². The van der Waals surface area contributed by atoms with Crippen molar-refractivity contribution in [1.29, 1.82) is 0 Å². The van der Waals surface area contributed by atoms with Crippen LogP contribution in [-0.4, -0.2) is 12.4 Å². The van der Waals surface area contributed by atoms with E-state index in [1.54, 1.807) is 0 Å². The number of hydrogen-bond donors (Lipinski definition) is 2. The molecule has 4 N–H and O–H groups in total. The number of carbonyl (C=O) groups excluding carboxylic acids is 1. The highest BCUT2D eigenvalue weighted by atomic mass is 35.5. The highest BCUT2D eigenvalue weighted by molar-refractivity contribution is 6.35. The number of guanidine groups is 1. The molecular weight excluding hydrogens is 249 g/mol. The molecule has 0 aliphatic rings. The molecule has 0 aliphatic carbocycles. The zero-order valence-corrected chi connectivity index (χ0v) is 10.3. The number of amides is 1. The monoisotopic (exact) mass is 261 g/mol. The Morgan fingerprint density at radius 2 is 1.88 bits per heavy atom. The molecule has 88 valence electrons. The van der Waals surface area contributed by atoms with E-state index in [1.807, 2.05) is 25.1 Å². The maximum atomic E-state index is 9.27. The first kappa shape index (κ1) is 14.7. The molecule has 0 bridgehead atoms. The molecular formula is C10H13Cl2N3O. The van der Waals surface area contributed by atoms with Crippen molar-refractivity contribution in [2.45, 2.75) is 13.3 Å². The van der Waals surface area contributed by atoms with Crippen molar-refractivity contribution in [3.8, 4) is 0 Å². The molecule has 1 aromatic carbocycles. The van der Waals surface area contributed by atoms with Gasteiger partial charge in [-0.15, -0.1) is 0 Å². The molecule has 1 aromatic rings. The van der Waals surface area contributed by atoms with Crippen molar-refractivity contribution in [3.05, 3.63) is 33.8 Å². The summed E-state index contributed by atoms with van der Waals surface area (Å²) in [6, 6.07) is 5.56. The summed E-state index contributed by atoms with van der Waals surface area (Å²) in [5.41, 5.74) is 10.4. The Morgan fingerprint density at radius 1 is 1.38 bits per heavy atom. The molecule has 6 heteroatoms. The third-order valence-corrected chi connectivity index (χ3v) is 2.33. The van der Waals surface area contributed by atoms with Crippen LogP contribution in [0.25, 0.3) is 0 Å². The van der Waals surface area contributed by atoms with E-state index in [-0.39, 0.29) is 12.4 Å². The lowest BCUT2D eigenvalue weighted by Gasteiger charge is -2.01. The number of halogens is 2. The summed E-state index contributed by atoms with van der Waals surface area (Å²) in [5, 5.41) is 1.52. The third-order valence-electron chi connectivity index (χ3n) is 1.62. The zero-order valence-electron chi connectivity index (χ0n) is 8.78. The predicted molar refractivity (Wildman–Crippen MR) is 67.7 cm³/mol. The smallest absolute Gasteiger partial charge is 0.236 e. The molecule has 1 amide bonds. The number of nitrogens with two attached hydrogens (primary N) is 2. The van der Waals surface area contributed by atoms with Gasteiger partial charge in [0.15, 0.2) is 5.96 Å². The van der Waals surface area contributed by atoms with E-state index in [4.69, 9.17) is 34.7 Å². The van der Waals surface area contributed by atoms with Gasteiger partial charge in [-0.2, -0.15) is 4.99 Å². The summed E-state index contributed by atoms with van der Waals surface area (Å²) in [4.78, 5) is 12.2. The number of hydrogen-bond acceptors (Lipinski definition) is 1. The summed E-state index contributed by atoms with van der Waals surface area (Å²) in [6.45, 7) is 2.03. The summed E-state index contributed by atoms with van der Waals surface area (Å²) in [6.07, 6.45) is 1.17. The Bertz CT molecular complexity index is 356. The minimum Gasteiger partial charge on any atom is -0.370 e. The van der Waals surface area contributed by atoms with Crippen LogP contribution in [0.1, 0.15) is 12.5 Å². The fourth-order valence-electron chi connectivity index (χ4n) is 0.931. The average Bonchev–Trinajstić information content (AvgIpc) is 2.18. The van der Waals surface area contributed by atoms with E-state index < -0.39 is 0 Å². The minimum absolute atomic E-state index is 0.204. The van der Waals surface area contributed by atoms with Crippen molar-refractivity contribution in [2.75, 3.05) is 0 Å². The topological polar surface area (TPSA) is 81.5 Å². The summed E-state index contributed by atoms with van der Waals surface area (Å²) in [5.74, 6) is -0.204. The van der Waals surface area contributed by atoms with Crippen LogP contribution in [0.2, 0.25) is 10.0 Å². The molecule has 0 aromatic heterocycles. The van der Waals surface area contributed by atoms with Gasteiger partial charge in [-0.3, -0.25) is 4.79 Å². The third kappa shape index (κ3) is 5.58. The second kappa shape index (κ2) is 7.96. The Morgan fingerprint density at radius 3 is 2.06 bits per heavy atom. The first-order valence-corrected chi connectivity index (χ1v) is 5.23. The van der Waals surface area contributed by atoms with Gasteiger partial charge in [0.2, 0.25) is 6.41 Å². The maximum absolute atomic E-state index is 9.27. The fourth-order valence-corrected chi connectivity index (χ4v) is 1.60. The van der Waals surface area contributed by atoms with Gasteiger partial charge < -0.3 is 11.5 Å². The van der Waals surface area contributed by atoms with E-state index >= 15 is 0 Å². The summed E-state index contributed by atoms with van der Waals surface area (Å²) in [7, 11) is 0. The van der Waals surface area contributed by atoms with E-state index in [2.05, 4.69) is 4.99 Å². The Hall–Kier alpha value is -1.26. The van der Waals surface area contributed by atoms with Crippen molar-refractivity contribution in [3.63, 3.8) is 0 Å².